The summed E-state index contributed by atoms with van der Waals surface area (Å²) in [5.74, 6) is 0.201. The van der Waals surface area contributed by atoms with Crippen LogP contribution < -0.4 is 0 Å². The van der Waals surface area contributed by atoms with Crippen LogP contribution in [0.2, 0.25) is 0 Å². The summed E-state index contributed by atoms with van der Waals surface area (Å²) in [5, 5.41) is 21.3. The van der Waals surface area contributed by atoms with Crippen molar-refractivity contribution < 1.29 is 19.8 Å². The van der Waals surface area contributed by atoms with Crippen LogP contribution in [-0.4, -0.2) is 28.6 Å². The van der Waals surface area contributed by atoms with Gasteiger partial charge in [-0.3, -0.25) is 4.79 Å². The van der Waals surface area contributed by atoms with E-state index >= 15 is 0 Å². The molecule has 0 amide bonds. The molecular weight excluding hydrogens is 424 g/mol. The van der Waals surface area contributed by atoms with Gasteiger partial charge >= 0.3 is 5.97 Å². The molecule has 0 radical (unpaired) electrons. The molecule has 0 unspecified atom stereocenters. The van der Waals surface area contributed by atoms with E-state index in [4.69, 9.17) is 0 Å². The zero-order chi connectivity index (χ0) is 24.9. The molecule has 0 aromatic carbocycles. The Morgan fingerprint density at radius 3 is 2.26 bits per heavy atom. The zero-order valence-corrected chi connectivity index (χ0v) is 22.2. The molecule has 0 heterocycles. The number of carboxylic acid groups (broad SMARTS) is 1. The molecule has 4 nitrogen and oxygen atoms in total. The van der Waals surface area contributed by atoms with Gasteiger partial charge in [0.1, 0.15) is 6.29 Å². The van der Waals surface area contributed by atoms with E-state index in [0.717, 1.165) is 64.1 Å². The van der Waals surface area contributed by atoms with Crippen LogP contribution in [0.5, 0.6) is 0 Å². The van der Waals surface area contributed by atoms with Crippen molar-refractivity contribution in [2.75, 3.05) is 0 Å². The Kier molecular flexibility index (Phi) is 5.20. The lowest BCUT2D eigenvalue weighted by molar-refractivity contribution is -0.204. The fraction of sp³-hybridized carbons (Fsp3) is 0.867. The molecule has 34 heavy (non-hydrogen) atoms. The highest BCUT2D eigenvalue weighted by atomic mass is 16.4. The summed E-state index contributed by atoms with van der Waals surface area (Å²) in [7, 11) is 0. The Bertz CT molecular complexity index is 936. The van der Waals surface area contributed by atoms with Crippen molar-refractivity contribution in [3.63, 3.8) is 0 Å². The lowest BCUT2D eigenvalue weighted by Gasteiger charge is -2.70. The number of aldehydes is 1. The molecule has 0 aromatic heterocycles. The van der Waals surface area contributed by atoms with Crippen LogP contribution in [0.1, 0.15) is 106 Å². The van der Waals surface area contributed by atoms with Crippen LogP contribution in [0, 0.1) is 50.2 Å². The number of rotatable bonds is 2. The minimum atomic E-state index is -0.669. The van der Waals surface area contributed by atoms with Crippen LogP contribution >= 0.6 is 0 Å². The van der Waals surface area contributed by atoms with E-state index < -0.39 is 22.9 Å². The van der Waals surface area contributed by atoms with E-state index in [1.165, 1.54) is 5.57 Å². The van der Waals surface area contributed by atoms with Gasteiger partial charge in [0.15, 0.2) is 0 Å². The molecule has 5 aliphatic carbocycles. The first kappa shape index (κ1) is 24.5. The number of hydrogen-bond donors (Lipinski definition) is 2. The monoisotopic (exact) mass is 470 g/mol. The Balaban J connectivity index is 1.60. The van der Waals surface area contributed by atoms with Crippen molar-refractivity contribution in [1.82, 2.24) is 0 Å². The van der Waals surface area contributed by atoms with Gasteiger partial charge < -0.3 is 15.0 Å². The molecule has 0 aliphatic heterocycles. The third kappa shape index (κ3) is 2.81. The van der Waals surface area contributed by atoms with E-state index in [1.54, 1.807) is 0 Å². The van der Waals surface area contributed by atoms with Crippen LogP contribution in [0.4, 0.5) is 0 Å². The predicted octanol–water partition coefficient (Wildman–Crippen LogP) is 6.41. The van der Waals surface area contributed by atoms with Gasteiger partial charge in [0.05, 0.1) is 16.9 Å². The van der Waals surface area contributed by atoms with Gasteiger partial charge in [-0.15, -0.1) is 0 Å². The second-order valence-electron chi connectivity index (χ2n) is 14.7. The summed E-state index contributed by atoms with van der Waals surface area (Å²) >= 11 is 0. The molecule has 0 bridgehead atoms. The molecule has 5 rings (SSSR count). The van der Waals surface area contributed by atoms with Gasteiger partial charge in [-0.05, 0) is 104 Å². The van der Waals surface area contributed by atoms with Gasteiger partial charge in [-0.1, -0.05) is 53.2 Å². The number of aliphatic carboxylic acids is 1. The maximum atomic E-state index is 12.8. The molecule has 4 heteroatoms. The van der Waals surface area contributed by atoms with Gasteiger partial charge in [-0.2, -0.15) is 0 Å². The summed E-state index contributed by atoms with van der Waals surface area (Å²) < 4.78 is 0. The molecule has 190 valence electrons. The van der Waals surface area contributed by atoms with E-state index in [9.17, 15) is 19.8 Å². The third-order valence-corrected chi connectivity index (χ3v) is 13.0. The van der Waals surface area contributed by atoms with Gasteiger partial charge in [0.2, 0.25) is 0 Å². The number of carbonyl (C=O) groups excluding carboxylic acids is 1. The summed E-state index contributed by atoms with van der Waals surface area (Å²) in [6, 6.07) is 0. The number of aliphatic hydroxyl groups is 1. The molecule has 4 saturated carbocycles. The minimum absolute atomic E-state index is 0.00538. The highest BCUT2D eigenvalue weighted by molar-refractivity contribution is 5.76. The molecule has 0 aromatic rings. The number of carboxylic acids is 1. The summed E-state index contributed by atoms with van der Waals surface area (Å²) in [6.07, 6.45) is 12.1. The molecule has 5 aliphatic rings. The number of allylic oxidation sites excluding steroid dienone is 2. The summed E-state index contributed by atoms with van der Waals surface area (Å²) in [6.45, 7) is 14.0. The average Bonchev–Trinajstić information content (AvgIpc) is 2.76. The van der Waals surface area contributed by atoms with E-state index in [1.807, 2.05) is 6.92 Å². The number of fused-ring (bicyclic) bond motifs is 7. The molecule has 2 N–H and O–H groups in total. The van der Waals surface area contributed by atoms with Crippen molar-refractivity contribution in [2.45, 2.75) is 112 Å². The first-order valence-corrected chi connectivity index (χ1v) is 13.8. The quantitative estimate of drug-likeness (QED) is 0.361. The Morgan fingerprint density at radius 2 is 1.62 bits per heavy atom. The van der Waals surface area contributed by atoms with Crippen molar-refractivity contribution in [1.29, 1.82) is 0 Å². The molecule has 4 fully saturated rings. The second-order valence-corrected chi connectivity index (χ2v) is 14.7. The highest BCUT2D eigenvalue weighted by Gasteiger charge is 2.69. The number of aliphatic hydroxyl groups excluding tert-OH is 1. The lowest BCUT2D eigenvalue weighted by Crippen LogP contribution is -2.65. The Labute approximate surface area is 206 Å². The average molecular weight is 471 g/mol. The fourth-order valence-corrected chi connectivity index (χ4v) is 10.5. The largest absolute Gasteiger partial charge is 0.481 e. The molecule has 0 spiro atoms. The van der Waals surface area contributed by atoms with Gasteiger partial charge in [-0.25, -0.2) is 0 Å². The van der Waals surface area contributed by atoms with Crippen LogP contribution in [0.25, 0.3) is 0 Å². The van der Waals surface area contributed by atoms with E-state index in [0.29, 0.717) is 12.3 Å². The number of hydrogen-bond acceptors (Lipinski definition) is 3. The number of carbonyl (C=O) groups is 2. The SMILES string of the molecule is CC1(C)CC[C@@]2(C(=O)O)CC[C@]3(C)C(=CC[C@@H]4[C@@]5(C)CC[C@@H](O)[C@@](C)(C=O)[C@@H]5CC[C@]43C)[C@H]2C1. The maximum Gasteiger partial charge on any atom is 0.310 e. The standard InChI is InChI=1S/C30H46O4/c1-25(2)13-15-30(24(33)34)16-14-28(5)19(20(30)17-25)7-8-22-26(3)11-10-23(32)27(4,18-31)21(26)9-12-29(22,28)6/h7,18,20-23,32H,8-17H2,1-6H3,(H,33,34)/t20-,21-,22-,23-,26+,27+,28-,29-,30-/m1/s1. The first-order chi connectivity index (χ1) is 15.7. The molecule has 0 saturated heterocycles. The van der Waals surface area contributed by atoms with Crippen LogP contribution in [0.3, 0.4) is 0 Å². The van der Waals surface area contributed by atoms with Gasteiger partial charge in [0, 0.05) is 0 Å². The van der Waals surface area contributed by atoms with Crippen molar-refractivity contribution >= 4 is 12.3 Å². The molecule has 9 atom stereocenters. The van der Waals surface area contributed by atoms with Crippen molar-refractivity contribution in [3.05, 3.63) is 11.6 Å². The molecular formula is C30H46O4. The van der Waals surface area contributed by atoms with Crippen LogP contribution in [-0.2, 0) is 9.59 Å². The normalized spacial score (nSPS) is 53.9. The Hall–Kier alpha value is -1.16. The van der Waals surface area contributed by atoms with Gasteiger partial charge in [0.25, 0.3) is 0 Å². The maximum absolute atomic E-state index is 12.8. The second kappa shape index (κ2) is 7.20. The topological polar surface area (TPSA) is 74.6 Å². The Morgan fingerprint density at radius 1 is 0.941 bits per heavy atom. The third-order valence-electron chi connectivity index (χ3n) is 13.0. The van der Waals surface area contributed by atoms with Crippen molar-refractivity contribution in [3.8, 4) is 0 Å². The smallest absolute Gasteiger partial charge is 0.310 e. The zero-order valence-electron chi connectivity index (χ0n) is 22.2. The van der Waals surface area contributed by atoms with E-state index in [2.05, 4.69) is 40.7 Å². The predicted molar refractivity (Wildman–Crippen MR) is 133 cm³/mol. The lowest BCUT2D eigenvalue weighted by atomic mass is 9.33. The fourth-order valence-electron chi connectivity index (χ4n) is 10.5. The first-order valence-electron chi connectivity index (χ1n) is 13.8. The van der Waals surface area contributed by atoms with E-state index in [-0.39, 0.29) is 33.5 Å². The highest BCUT2D eigenvalue weighted by Crippen LogP contribution is 2.75. The van der Waals surface area contributed by atoms with Crippen molar-refractivity contribution in [2.24, 2.45) is 50.2 Å². The minimum Gasteiger partial charge on any atom is -0.481 e. The van der Waals surface area contributed by atoms with Crippen LogP contribution in [0.15, 0.2) is 11.6 Å². The summed E-state index contributed by atoms with van der Waals surface area (Å²) in [4.78, 5) is 25.1. The summed E-state index contributed by atoms with van der Waals surface area (Å²) in [5.41, 5.74) is 0.446.